The van der Waals surface area contributed by atoms with E-state index in [1.54, 1.807) is 7.11 Å². The van der Waals surface area contributed by atoms with Crippen LogP contribution in [0.15, 0.2) is 12.1 Å². The maximum Gasteiger partial charge on any atom is 0.124 e. The highest BCUT2D eigenvalue weighted by Crippen LogP contribution is 2.31. The highest BCUT2D eigenvalue weighted by Gasteiger charge is 2.12. The Morgan fingerprint density at radius 2 is 1.82 bits per heavy atom. The van der Waals surface area contributed by atoms with E-state index in [-0.39, 0.29) is 0 Å². The van der Waals surface area contributed by atoms with Gasteiger partial charge in [0, 0.05) is 12.0 Å². The fraction of sp³-hybridized carbons (Fsp3) is 0.500. The van der Waals surface area contributed by atoms with Crippen LogP contribution in [0.2, 0.25) is 0 Å². The van der Waals surface area contributed by atoms with Gasteiger partial charge in [-0.05, 0) is 17.5 Å². The predicted octanol–water partition coefficient (Wildman–Crippen LogP) is 3.82. The summed E-state index contributed by atoms with van der Waals surface area (Å²) in [7, 11) is 1.71. The molecule has 0 saturated heterocycles. The predicted molar refractivity (Wildman–Crippen MR) is 70.8 cm³/mol. The molecule has 17 heavy (non-hydrogen) atoms. The van der Waals surface area contributed by atoms with Crippen LogP contribution in [-0.2, 0) is 0 Å². The summed E-state index contributed by atoms with van der Waals surface area (Å²) in [6.07, 6.45) is 0. The summed E-state index contributed by atoms with van der Waals surface area (Å²) in [4.78, 5) is 7.96. The second-order valence-corrected chi connectivity index (χ2v) is 5.04. The summed E-state index contributed by atoms with van der Waals surface area (Å²) < 4.78 is 5.43. The highest BCUT2D eigenvalue weighted by atomic mass is 16.5. The number of hydrogen-bond acceptors (Lipinski definition) is 2. The van der Waals surface area contributed by atoms with Gasteiger partial charge in [-0.3, -0.25) is 0 Å². The van der Waals surface area contributed by atoms with E-state index in [9.17, 15) is 0 Å². The Bertz CT molecular complexity index is 526. The number of nitrogens with one attached hydrogen (secondary N) is 1. The molecule has 0 saturated carbocycles. The molecule has 0 spiro atoms. The third-order valence-electron chi connectivity index (χ3n) is 3.02. The van der Waals surface area contributed by atoms with Crippen molar-refractivity contribution in [2.75, 3.05) is 7.11 Å². The average molecular weight is 232 g/mol. The number of rotatable bonds is 3. The molecular formula is C14H20N2O. The number of imidazole rings is 1. The zero-order chi connectivity index (χ0) is 12.6. The molecule has 92 valence electrons. The van der Waals surface area contributed by atoms with Crippen LogP contribution in [0.1, 0.15) is 50.9 Å². The van der Waals surface area contributed by atoms with E-state index in [2.05, 4.69) is 43.7 Å². The van der Waals surface area contributed by atoms with E-state index >= 15 is 0 Å². The quantitative estimate of drug-likeness (QED) is 0.873. The van der Waals surface area contributed by atoms with Crippen molar-refractivity contribution in [3.63, 3.8) is 0 Å². The second kappa shape index (κ2) is 4.40. The van der Waals surface area contributed by atoms with Crippen molar-refractivity contribution in [3.05, 3.63) is 23.5 Å². The number of ether oxygens (including phenoxy) is 1. The minimum absolute atomic E-state index is 0.413. The molecule has 0 bridgehead atoms. The summed E-state index contributed by atoms with van der Waals surface area (Å²) in [5.74, 6) is 2.81. The first kappa shape index (κ1) is 12.0. The molecule has 0 radical (unpaired) electrons. The van der Waals surface area contributed by atoms with E-state index in [0.29, 0.717) is 11.8 Å². The molecule has 0 amide bonds. The fourth-order valence-electron chi connectivity index (χ4n) is 1.98. The van der Waals surface area contributed by atoms with Gasteiger partial charge in [-0.25, -0.2) is 4.98 Å². The average Bonchev–Trinajstić information content (AvgIpc) is 2.69. The first-order valence-electron chi connectivity index (χ1n) is 6.10. The van der Waals surface area contributed by atoms with Gasteiger partial charge in [0.1, 0.15) is 11.6 Å². The summed E-state index contributed by atoms with van der Waals surface area (Å²) in [5, 5.41) is 0. The monoisotopic (exact) mass is 232 g/mol. The van der Waals surface area contributed by atoms with Crippen molar-refractivity contribution in [2.45, 2.75) is 39.5 Å². The first-order chi connectivity index (χ1) is 8.02. The normalized spacial score (nSPS) is 11.7. The molecular weight excluding hydrogens is 212 g/mol. The second-order valence-electron chi connectivity index (χ2n) is 5.04. The Balaban J connectivity index is 2.61. The van der Waals surface area contributed by atoms with E-state index < -0.39 is 0 Å². The SMILES string of the molecule is COc1cc2nc(C(C)C)[nH]c2cc1C(C)C. The Morgan fingerprint density at radius 1 is 1.12 bits per heavy atom. The van der Waals surface area contributed by atoms with Crippen molar-refractivity contribution < 1.29 is 4.74 Å². The Hall–Kier alpha value is -1.51. The first-order valence-corrected chi connectivity index (χ1v) is 6.10. The molecule has 2 rings (SSSR count). The largest absolute Gasteiger partial charge is 0.496 e. The van der Waals surface area contributed by atoms with Crippen LogP contribution >= 0.6 is 0 Å². The lowest BCUT2D eigenvalue weighted by Gasteiger charge is -2.11. The third-order valence-corrected chi connectivity index (χ3v) is 3.02. The summed E-state index contributed by atoms with van der Waals surface area (Å²) in [5.41, 5.74) is 3.30. The molecule has 0 atom stereocenters. The molecule has 0 fully saturated rings. The number of aromatic nitrogens is 2. The van der Waals surface area contributed by atoms with Crippen molar-refractivity contribution in [2.24, 2.45) is 0 Å². The van der Waals surface area contributed by atoms with Gasteiger partial charge in [0.25, 0.3) is 0 Å². The van der Waals surface area contributed by atoms with Crippen molar-refractivity contribution in [3.8, 4) is 5.75 Å². The maximum absolute atomic E-state index is 5.43. The molecule has 3 nitrogen and oxygen atoms in total. The number of aromatic amines is 1. The molecule has 0 aliphatic heterocycles. The number of fused-ring (bicyclic) bond motifs is 1. The van der Waals surface area contributed by atoms with Gasteiger partial charge >= 0.3 is 0 Å². The Kier molecular flexibility index (Phi) is 3.09. The molecule has 0 aliphatic rings. The van der Waals surface area contributed by atoms with E-state index in [1.165, 1.54) is 5.56 Å². The number of hydrogen-bond donors (Lipinski definition) is 1. The summed E-state index contributed by atoms with van der Waals surface area (Å²) in [6.45, 7) is 8.61. The smallest absolute Gasteiger partial charge is 0.124 e. The Labute approximate surface area is 102 Å². The minimum atomic E-state index is 0.413. The third kappa shape index (κ3) is 2.14. The van der Waals surface area contributed by atoms with Gasteiger partial charge in [-0.1, -0.05) is 27.7 Å². The number of methoxy groups -OCH3 is 1. The van der Waals surface area contributed by atoms with Crippen molar-refractivity contribution in [1.29, 1.82) is 0 Å². The molecule has 2 aromatic rings. The molecule has 3 heteroatoms. The standard InChI is InChI=1S/C14H20N2O/c1-8(2)10-6-11-12(7-13(10)17-5)16-14(15-11)9(3)4/h6-9H,1-5H3,(H,15,16). The lowest BCUT2D eigenvalue weighted by molar-refractivity contribution is 0.408. The topological polar surface area (TPSA) is 37.9 Å². The molecule has 1 aromatic carbocycles. The fourth-order valence-corrected chi connectivity index (χ4v) is 1.98. The number of H-pyrrole nitrogens is 1. The lowest BCUT2D eigenvalue weighted by Crippen LogP contribution is -1.94. The number of nitrogens with zero attached hydrogens (tertiary/aromatic N) is 1. The highest BCUT2D eigenvalue weighted by molar-refractivity contribution is 5.78. The van der Waals surface area contributed by atoms with Crippen molar-refractivity contribution in [1.82, 2.24) is 9.97 Å². The zero-order valence-electron chi connectivity index (χ0n) is 11.2. The van der Waals surface area contributed by atoms with Crippen LogP contribution < -0.4 is 4.74 Å². The van der Waals surface area contributed by atoms with Gasteiger partial charge in [0.15, 0.2) is 0 Å². The van der Waals surface area contributed by atoms with Crippen LogP contribution in [0.3, 0.4) is 0 Å². The van der Waals surface area contributed by atoms with Crippen LogP contribution in [0.5, 0.6) is 5.75 Å². The maximum atomic E-state index is 5.43. The van der Waals surface area contributed by atoms with Gasteiger partial charge in [0.2, 0.25) is 0 Å². The lowest BCUT2D eigenvalue weighted by atomic mass is 10.0. The van der Waals surface area contributed by atoms with Crippen LogP contribution in [0.25, 0.3) is 11.0 Å². The van der Waals surface area contributed by atoms with Crippen molar-refractivity contribution >= 4 is 11.0 Å². The molecule has 1 N–H and O–H groups in total. The van der Waals surface area contributed by atoms with E-state index in [1.807, 2.05) is 6.07 Å². The summed E-state index contributed by atoms with van der Waals surface area (Å²) in [6, 6.07) is 4.17. The molecule has 0 aliphatic carbocycles. The van der Waals surface area contributed by atoms with Gasteiger partial charge in [0.05, 0.1) is 18.1 Å². The van der Waals surface area contributed by atoms with E-state index in [0.717, 1.165) is 22.6 Å². The summed E-state index contributed by atoms with van der Waals surface area (Å²) >= 11 is 0. The van der Waals surface area contributed by atoms with E-state index in [4.69, 9.17) is 4.74 Å². The zero-order valence-corrected chi connectivity index (χ0v) is 11.2. The van der Waals surface area contributed by atoms with Crippen LogP contribution in [-0.4, -0.2) is 17.1 Å². The molecule has 1 aromatic heterocycles. The van der Waals surface area contributed by atoms with Gasteiger partial charge in [-0.15, -0.1) is 0 Å². The van der Waals surface area contributed by atoms with Gasteiger partial charge in [-0.2, -0.15) is 0 Å². The minimum Gasteiger partial charge on any atom is -0.496 e. The number of benzene rings is 1. The Morgan fingerprint density at radius 3 is 2.35 bits per heavy atom. The van der Waals surface area contributed by atoms with Gasteiger partial charge < -0.3 is 9.72 Å². The van der Waals surface area contributed by atoms with Crippen LogP contribution in [0.4, 0.5) is 0 Å². The van der Waals surface area contributed by atoms with Crippen LogP contribution in [0, 0.1) is 0 Å². The molecule has 1 heterocycles. The molecule has 0 unspecified atom stereocenters.